The standard InChI is InChI=1S/C23H28N4O5/c1-29-19-12-16(13-20(30-2)22(19)31-3)4-5-21(28)27-7-6-17-14-24-23(25-18(17)15-27)26-8-10-32-11-9-26/h4-5,12-14H,6-11,15H2,1-3H3/b5-4+. The number of nitrogens with zero attached hydrogens (tertiary/aromatic N) is 4. The van der Waals surface area contributed by atoms with Gasteiger partial charge in [-0.25, -0.2) is 9.97 Å². The van der Waals surface area contributed by atoms with Crippen LogP contribution in [0.1, 0.15) is 16.8 Å². The van der Waals surface area contributed by atoms with Gasteiger partial charge in [0.25, 0.3) is 0 Å². The predicted octanol–water partition coefficient (Wildman–Crippen LogP) is 1.94. The Labute approximate surface area is 187 Å². The summed E-state index contributed by atoms with van der Waals surface area (Å²) in [6, 6.07) is 3.61. The van der Waals surface area contributed by atoms with E-state index in [4.69, 9.17) is 23.9 Å². The van der Waals surface area contributed by atoms with Crippen molar-refractivity contribution in [2.45, 2.75) is 13.0 Å². The second-order valence-corrected chi connectivity index (χ2v) is 7.54. The topological polar surface area (TPSA) is 86.3 Å². The molecule has 0 aliphatic carbocycles. The molecule has 2 aliphatic rings. The zero-order valence-electron chi connectivity index (χ0n) is 18.7. The molecule has 1 aromatic heterocycles. The smallest absolute Gasteiger partial charge is 0.246 e. The van der Waals surface area contributed by atoms with Crippen LogP contribution in [-0.4, -0.2) is 75.0 Å². The van der Waals surface area contributed by atoms with E-state index in [9.17, 15) is 4.79 Å². The number of methoxy groups -OCH3 is 3. The van der Waals surface area contributed by atoms with Gasteiger partial charge in [0, 0.05) is 31.9 Å². The van der Waals surface area contributed by atoms with Gasteiger partial charge in [0.1, 0.15) is 0 Å². The SMILES string of the molecule is COc1cc(/C=C/C(=O)N2CCc3cnc(N4CCOCC4)nc3C2)cc(OC)c1OC. The third kappa shape index (κ3) is 4.62. The Morgan fingerprint density at radius 3 is 2.44 bits per heavy atom. The van der Waals surface area contributed by atoms with Crippen LogP contribution in [0, 0.1) is 0 Å². The monoisotopic (exact) mass is 440 g/mol. The van der Waals surface area contributed by atoms with Crippen molar-refractivity contribution in [3.05, 3.63) is 41.2 Å². The van der Waals surface area contributed by atoms with Crippen molar-refractivity contribution < 1.29 is 23.7 Å². The molecule has 0 saturated carbocycles. The molecule has 170 valence electrons. The van der Waals surface area contributed by atoms with E-state index in [0.29, 0.717) is 49.5 Å². The number of hydrogen-bond donors (Lipinski definition) is 0. The molecular formula is C23H28N4O5. The third-order valence-electron chi connectivity index (χ3n) is 5.64. The highest BCUT2D eigenvalue weighted by atomic mass is 16.5. The first-order valence-electron chi connectivity index (χ1n) is 10.6. The lowest BCUT2D eigenvalue weighted by Crippen LogP contribution is -2.39. The molecule has 1 saturated heterocycles. The Balaban J connectivity index is 1.48. The molecule has 3 heterocycles. The summed E-state index contributed by atoms with van der Waals surface area (Å²) in [4.78, 5) is 26.1. The summed E-state index contributed by atoms with van der Waals surface area (Å²) in [6.45, 7) is 4.00. The van der Waals surface area contributed by atoms with Gasteiger partial charge < -0.3 is 28.7 Å². The third-order valence-corrected chi connectivity index (χ3v) is 5.64. The minimum atomic E-state index is -0.0732. The number of benzene rings is 1. The molecule has 9 nitrogen and oxygen atoms in total. The van der Waals surface area contributed by atoms with Crippen molar-refractivity contribution in [3.63, 3.8) is 0 Å². The second-order valence-electron chi connectivity index (χ2n) is 7.54. The molecule has 1 aromatic carbocycles. The van der Waals surface area contributed by atoms with Crippen molar-refractivity contribution in [2.75, 3.05) is 59.1 Å². The molecule has 2 aliphatic heterocycles. The number of anilines is 1. The number of ether oxygens (including phenoxy) is 4. The zero-order chi connectivity index (χ0) is 22.5. The summed E-state index contributed by atoms with van der Waals surface area (Å²) < 4.78 is 21.5. The summed E-state index contributed by atoms with van der Waals surface area (Å²) >= 11 is 0. The van der Waals surface area contributed by atoms with E-state index in [1.54, 1.807) is 50.5 Å². The van der Waals surface area contributed by atoms with E-state index in [1.807, 2.05) is 6.20 Å². The molecule has 32 heavy (non-hydrogen) atoms. The number of fused-ring (bicyclic) bond motifs is 1. The Morgan fingerprint density at radius 2 is 1.78 bits per heavy atom. The van der Waals surface area contributed by atoms with Crippen LogP contribution >= 0.6 is 0 Å². The first-order chi connectivity index (χ1) is 15.6. The Kier molecular flexibility index (Phi) is 6.75. The van der Waals surface area contributed by atoms with Gasteiger partial charge >= 0.3 is 0 Å². The lowest BCUT2D eigenvalue weighted by molar-refractivity contribution is -0.126. The highest BCUT2D eigenvalue weighted by Gasteiger charge is 2.23. The minimum Gasteiger partial charge on any atom is -0.493 e. The van der Waals surface area contributed by atoms with Gasteiger partial charge in [0.15, 0.2) is 11.5 Å². The predicted molar refractivity (Wildman–Crippen MR) is 119 cm³/mol. The van der Waals surface area contributed by atoms with E-state index in [1.165, 1.54) is 0 Å². The Morgan fingerprint density at radius 1 is 1.06 bits per heavy atom. The molecular weight excluding hydrogens is 412 g/mol. The molecule has 4 rings (SSSR count). The average Bonchev–Trinajstić information content (AvgIpc) is 2.86. The van der Waals surface area contributed by atoms with E-state index in [-0.39, 0.29) is 5.91 Å². The molecule has 1 fully saturated rings. The molecule has 0 radical (unpaired) electrons. The van der Waals surface area contributed by atoms with Crippen molar-refractivity contribution in [1.82, 2.24) is 14.9 Å². The van der Waals surface area contributed by atoms with Crippen LogP contribution in [0.5, 0.6) is 17.2 Å². The van der Waals surface area contributed by atoms with Gasteiger partial charge in [0.05, 0.1) is 46.8 Å². The van der Waals surface area contributed by atoms with Crippen LogP contribution in [0.4, 0.5) is 5.95 Å². The van der Waals surface area contributed by atoms with Crippen LogP contribution in [0.25, 0.3) is 6.08 Å². The number of amides is 1. The van der Waals surface area contributed by atoms with E-state index in [2.05, 4.69) is 9.88 Å². The van der Waals surface area contributed by atoms with E-state index >= 15 is 0 Å². The van der Waals surface area contributed by atoms with Gasteiger partial charge in [-0.2, -0.15) is 0 Å². The highest BCUT2D eigenvalue weighted by molar-refractivity contribution is 5.92. The van der Waals surface area contributed by atoms with Crippen molar-refractivity contribution in [2.24, 2.45) is 0 Å². The maximum Gasteiger partial charge on any atom is 0.246 e. The summed E-state index contributed by atoms with van der Waals surface area (Å²) in [5, 5.41) is 0. The van der Waals surface area contributed by atoms with Crippen LogP contribution in [-0.2, 0) is 22.5 Å². The van der Waals surface area contributed by atoms with Crippen LogP contribution in [0.3, 0.4) is 0 Å². The molecule has 0 bridgehead atoms. The Hall–Kier alpha value is -3.33. The number of rotatable bonds is 6. The molecule has 0 unspecified atom stereocenters. The van der Waals surface area contributed by atoms with Crippen LogP contribution in [0.2, 0.25) is 0 Å². The van der Waals surface area contributed by atoms with E-state index in [0.717, 1.165) is 36.3 Å². The quantitative estimate of drug-likeness (QED) is 0.630. The number of carbonyl (C=O) groups is 1. The number of morpholine rings is 1. The fraction of sp³-hybridized carbons (Fsp3) is 0.435. The maximum absolute atomic E-state index is 12.9. The summed E-state index contributed by atoms with van der Waals surface area (Å²) in [7, 11) is 4.68. The minimum absolute atomic E-state index is 0.0732. The van der Waals surface area contributed by atoms with Crippen LogP contribution in [0.15, 0.2) is 24.4 Å². The van der Waals surface area contributed by atoms with Gasteiger partial charge in [0.2, 0.25) is 17.6 Å². The van der Waals surface area contributed by atoms with Gasteiger partial charge in [-0.15, -0.1) is 0 Å². The lowest BCUT2D eigenvalue weighted by atomic mass is 10.1. The molecule has 0 N–H and O–H groups in total. The molecule has 2 aromatic rings. The highest BCUT2D eigenvalue weighted by Crippen LogP contribution is 2.38. The summed E-state index contributed by atoms with van der Waals surface area (Å²) in [5.41, 5.74) is 2.78. The fourth-order valence-electron chi connectivity index (χ4n) is 3.87. The van der Waals surface area contributed by atoms with Gasteiger partial charge in [-0.3, -0.25) is 4.79 Å². The van der Waals surface area contributed by atoms with Gasteiger partial charge in [-0.05, 0) is 35.8 Å². The molecule has 9 heteroatoms. The van der Waals surface area contributed by atoms with Crippen molar-refractivity contribution in [1.29, 1.82) is 0 Å². The summed E-state index contributed by atoms with van der Waals surface area (Å²) in [5.74, 6) is 2.23. The van der Waals surface area contributed by atoms with Crippen LogP contribution < -0.4 is 19.1 Å². The second kappa shape index (κ2) is 9.86. The van der Waals surface area contributed by atoms with E-state index < -0.39 is 0 Å². The lowest BCUT2D eigenvalue weighted by Gasteiger charge is -2.30. The first-order valence-corrected chi connectivity index (χ1v) is 10.6. The zero-order valence-corrected chi connectivity index (χ0v) is 18.7. The maximum atomic E-state index is 12.9. The number of carbonyl (C=O) groups excluding carboxylic acids is 1. The first kappa shape index (κ1) is 21.9. The van der Waals surface area contributed by atoms with Gasteiger partial charge in [-0.1, -0.05) is 0 Å². The van der Waals surface area contributed by atoms with Crippen molar-refractivity contribution >= 4 is 17.9 Å². The molecule has 0 spiro atoms. The average molecular weight is 441 g/mol. The molecule has 0 atom stereocenters. The normalized spacial score (nSPS) is 16.1. The fourth-order valence-corrected chi connectivity index (χ4v) is 3.87. The largest absolute Gasteiger partial charge is 0.493 e. The number of hydrogen-bond acceptors (Lipinski definition) is 8. The summed E-state index contributed by atoms with van der Waals surface area (Å²) in [6.07, 6.45) is 5.94. The van der Waals surface area contributed by atoms with Crippen molar-refractivity contribution in [3.8, 4) is 17.2 Å². The molecule has 1 amide bonds. The number of aromatic nitrogens is 2. The Bertz CT molecular complexity index is 979.